The molecule has 220 valence electrons. The first-order chi connectivity index (χ1) is 23.3. The van der Waals surface area contributed by atoms with Crippen LogP contribution in [0.5, 0.6) is 23.0 Å². The maximum Gasteiger partial charge on any atom is 0.260 e. The number of rotatable bonds is 4. The van der Waals surface area contributed by atoms with Crippen LogP contribution in [-0.2, 0) is 0 Å². The summed E-state index contributed by atoms with van der Waals surface area (Å²) >= 11 is 0. The molecule has 0 atom stereocenters. The summed E-state index contributed by atoms with van der Waals surface area (Å²) in [5.41, 5.74) is 10.1. The lowest BCUT2D eigenvalue weighted by Crippen LogP contribution is -2.57. The number of ether oxygens (including phenoxy) is 2. The summed E-state index contributed by atoms with van der Waals surface area (Å²) < 4.78 is 20.2. The molecule has 4 nitrogen and oxygen atoms in total. The van der Waals surface area contributed by atoms with Crippen LogP contribution in [-0.4, -0.2) is 6.71 Å². The van der Waals surface area contributed by atoms with Crippen LogP contribution < -0.4 is 30.8 Å². The molecule has 2 aliphatic heterocycles. The lowest BCUT2D eigenvalue weighted by molar-refractivity contribution is 0.462. The molecule has 0 N–H and O–H groups in total. The Hall–Kier alpha value is -6.20. The van der Waals surface area contributed by atoms with Gasteiger partial charge in [-0.15, -0.1) is 0 Å². The predicted molar refractivity (Wildman–Crippen MR) is 192 cm³/mol. The van der Waals surface area contributed by atoms with E-state index in [2.05, 4.69) is 138 Å². The van der Waals surface area contributed by atoms with Gasteiger partial charge in [-0.05, 0) is 76.6 Å². The molecule has 1 aromatic heterocycles. The van der Waals surface area contributed by atoms with Gasteiger partial charge in [0.1, 0.15) is 22.8 Å². The molecular formula is C42H26BNO3. The van der Waals surface area contributed by atoms with Crippen molar-refractivity contribution in [2.24, 2.45) is 0 Å². The highest BCUT2D eigenvalue weighted by Crippen LogP contribution is 2.44. The number of hydrogen-bond acceptors (Lipinski definition) is 4. The molecule has 0 radical (unpaired) electrons. The number of benzene rings is 7. The zero-order valence-electron chi connectivity index (χ0n) is 25.3. The summed E-state index contributed by atoms with van der Waals surface area (Å²) in [7, 11) is 0. The van der Waals surface area contributed by atoms with E-state index >= 15 is 0 Å². The molecule has 47 heavy (non-hydrogen) atoms. The van der Waals surface area contributed by atoms with Gasteiger partial charge in [0.25, 0.3) is 6.71 Å². The van der Waals surface area contributed by atoms with Gasteiger partial charge in [0.05, 0.1) is 0 Å². The number of furan rings is 1. The summed E-state index contributed by atoms with van der Waals surface area (Å²) in [6.45, 7) is -0.0432. The Balaban J connectivity index is 1.17. The van der Waals surface area contributed by atoms with E-state index in [-0.39, 0.29) is 6.71 Å². The fourth-order valence-corrected chi connectivity index (χ4v) is 7.26. The second kappa shape index (κ2) is 10.2. The summed E-state index contributed by atoms with van der Waals surface area (Å²) in [5.74, 6) is 3.24. The smallest absolute Gasteiger partial charge is 0.260 e. The fourth-order valence-electron chi connectivity index (χ4n) is 7.26. The average Bonchev–Trinajstić information content (AvgIpc) is 3.51. The third-order valence-electron chi connectivity index (χ3n) is 9.37. The highest BCUT2D eigenvalue weighted by Gasteiger charge is 2.41. The van der Waals surface area contributed by atoms with Crippen LogP contribution in [0.2, 0.25) is 0 Å². The molecule has 3 heterocycles. The van der Waals surface area contributed by atoms with Crippen molar-refractivity contribution in [1.29, 1.82) is 0 Å². The summed E-state index contributed by atoms with van der Waals surface area (Å²) in [6, 6.07) is 54.6. The molecule has 0 saturated heterocycles. The van der Waals surface area contributed by atoms with Crippen LogP contribution in [0.4, 0.5) is 17.1 Å². The Morgan fingerprint density at radius 1 is 0.447 bits per heavy atom. The van der Waals surface area contributed by atoms with Crippen molar-refractivity contribution in [3.05, 3.63) is 158 Å². The van der Waals surface area contributed by atoms with Gasteiger partial charge in [0.15, 0.2) is 11.3 Å². The highest BCUT2D eigenvalue weighted by molar-refractivity contribution is 6.98. The van der Waals surface area contributed by atoms with Crippen molar-refractivity contribution in [2.75, 3.05) is 4.90 Å². The van der Waals surface area contributed by atoms with E-state index in [0.29, 0.717) is 0 Å². The Kier molecular flexibility index (Phi) is 5.63. The molecule has 0 unspecified atom stereocenters. The number of hydrogen-bond donors (Lipinski definition) is 0. The number of fused-ring (bicyclic) bond motifs is 8. The van der Waals surface area contributed by atoms with Crippen molar-refractivity contribution in [3.8, 4) is 34.1 Å². The van der Waals surface area contributed by atoms with E-state index in [1.807, 2.05) is 24.3 Å². The summed E-state index contributed by atoms with van der Waals surface area (Å²) in [4.78, 5) is 2.25. The molecule has 0 saturated carbocycles. The summed E-state index contributed by atoms with van der Waals surface area (Å²) in [5, 5.41) is 2.08. The molecule has 10 rings (SSSR count). The molecule has 0 amide bonds. The zero-order chi connectivity index (χ0) is 30.9. The first kappa shape index (κ1) is 26.1. The standard InChI is InChI=1S/C42H26BNO3/c1-4-12-27(13-5-1)28-24-38-40-39(25-28)47-42-35(43(40)34-18-10-11-19-36(34)45-38)23-22-33-32-21-20-31(26-37(32)46-41(33)42)44(29-14-6-2-7-15-29)30-16-8-3-9-17-30/h1-26H. The summed E-state index contributed by atoms with van der Waals surface area (Å²) in [6.07, 6.45) is 0. The van der Waals surface area contributed by atoms with Gasteiger partial charge in [-0.3, -0.25) is 0 Å². The SMILES string of the molecule is c1ccc(-c2cc3c4c(c2)Oc2c(ccc5c2oc2cc(N(c6ccccc6)c6ccccc6)ccc25)B4c2ccccc2O3)cc1. The van der Waals surface area contributed by atoms with Crippen LogP contribution >= 0.6 is 0 Å². The van der Waals surface area contributed by atoms with E-state index in [1.165, 1.54) is 0 Å². The lowest BCUT2D eigenvalue weighted by atomic mass is 9.35. The van der Waals surface area contributed by atoms with E-state index in [0.717, 1.165) is 89.5 Å². The van der Waals surface area contributed by atoms with Gasteiger partial charge >= 0.3 is 0 Å². The Morgan fingerprint density at radius 2 is 1.09 bits per heavy atom. The van der Waals surface area contributed by atoms with E-state index in [4.69, 9.17) is 13.9 Å². The third-order valence-corrected chi connectivity index (χ3v) is 9.37. The van der Waals surface area contributed by atoms with Gasteiger partial charge in [-0.25, -0.2) is 0 Å². The first-order valence-electron chi connectivity index (χ1n) is 15.9. The van der Waals surface area contributed by atoms with Gasteiger partial charge < -0.3 is 18.8 Å². The first-order valence-corrected chi connectivity index (χ1v) is 15.9. The van der Waals surface area contributed by atoms with Crippen molar-refractivity contribution in [1.82, 2.24) is 0 Å². The van der Waals surface area contributed by atoms with Crippen LogP contribution in [0, 0.1) is 0 Å². The molecule has 2 aliphatic rings. The number of para-hydroxylation sites is 3. The zero-order valence-corrected chi connectivity index (χ0v) is 25.3. The fraction of sp³-hybridized carbons (Fsp3) is 0. The minimum atomic E-state index is -0.0432. The van der Waals surface area contributed by atoms with Crippen LogP contribution in [0.15, 0.2) is 162 Å². The van der Waals surface area contributed by atoms with Crippen molar-refractivity contribution in [2.45, 2.75) is 0 Å². The van der Waals surface area contributed by atoms with E-state index in [1.54, 1.807) is 0 Å². The molecule has 8 aromatic rings. The van der Waals surface area contributed by atoms with Gasteiger partial charge in [0.2, 0.25) is 0 Å². The van der Waals surface area contributed by atoms with Gasteiger partial charge in [-0.2, -0.15) is 0 Å². The van der Waals surface area contributed by atoms with Crippen molar-refractivity contribution in [3.63, 3.8) is 0 Å². The molecule has 0 bridgehead atoms. The van der Waals surface area contributed by atoms with E-state index < -0.39 is 0 Å². The highest BCUT2D eigenvalue weighted by atomic mass is 16.5. The minimum Gasteiger partial charge on any atom is -0.458 e. The van der Waals surface area contributed by atoms with Crippen LogP contribution in [0.25, 0.3) is 33.1 Å². The third kappa shape index (κ3) is 4.03. The second-order valence-electron chi connectivity index (χ2n) is 12.1. The maximum absolute atomic E-state index is 6.88. The van der Waals surface area contributed by atoms with Gasteiger partial charge in [0, 0.05) is 39.4 Å². The molecule has 0 spiro atoms. The minimum absolute atomic E-state index is 0.0432. The number of anilines is 3. The van der Waals surface area contributed by atoms with Crippen LogP contribution in [0.3, 0.4) is 0 Å². The van der Waals surface area contributed by atoms with E-state index in [9.17, 15) is 0 Å². The molecule has 5 heteroatoms. The second-order valence-corrected chi connectivity index (χ2v) is 12.1. The average molecular weight is 603 g/mol. The number of nitrogens with zero attached hydrogens (tertiary/aromatic N) is 1. The largest absolute Gasteiger partial charge is 0.458 e. The quantitative estimate of drug-likeness (QED) is 0.188. The normalized spacial score (nSPS) is 12.6. The maximum atomic E-state index is 6.88. The predicted octanol–water partition coefficient (Wildman–Crippen LogP) is 9.45. The van der Waals surface area contributed by atoms with Crippen LogP contribution in [0.1, 0.15) is 0 Å². The monoisotopic (exact) mass is 603 g/mol. The van der Waals surface area contributed by atoms with Gasteiger partial charge in [-0.1, -0.05) is 97.1 Å². The Morgan fingerprint density at radius 3 is 1.83 bits per heavy atom. The lowest BCUT2D eigenvalue weighted by Gasteiger charge is -2.33. The molecule has 0 aliphatic carbocycles. The molecule has 0 fully saturated rings. The molecule has 7 aromatic carbocycles. The van der Waals surface area contributed by atoms with Crippen molar-refractivity contribution < 1.29 is 13.9 Å². The Bertz CT molecular complexity index is 2440. The van der Waals surface area contributed by atoms with Crippen molar-refractivity contribution >= 4 is 62.1 Å². The topological polar surface area (TPSA) is 34.8 Å². The molecular weight excluding hydrogens is 577 g/mol. The Labute approximate surface area is 272 Å².